The molecule has 4 nitrogen and oxygen atoms in total. The van der Waals surface area contributed by atoms with Gasteiger partial charge in [-0.25, -0.2) is 0 Å². The second-order valence-electron chi connectivity index (χ2n) is 0.105. The normalized spacial score (nSPS) is 3.60. The molecule has 0 rings (SSSR count). The van der Waals surface area contributed by atoms with Crippen molar-refractivity contribution in [2.45, 2.75) is 0 Å². The molecule has 0 aromatic carbocycles. The first-order chi connectivity index (χ1) is 2.41. The molecule has 2 N–H and O–H groups in total. The van der Waals surface area contributed by atoms with Crippen LogP contribution in [0.4, 0.5) is 0 Å². The SMILES string of the molecule is NN=O.[O]=[Zn]. The average molecular weight is 127 g/mol. The zero-order chi connectivity index (χ0) is 4.71. The molecule has 0 aliphatic rings. The summed E-state index contributed by atoms with van der Waals surface area (Å²) in [5, 5.41) is 1.75. The first kappa shape index (κ1) is 8.85. The Kier molecular flexibility index (Phi) is 79.5. The molecule has 0 atom stereocenters. The van der Waals surface area contributed by atoms with E-state index in [4.69, 9.17) is 8.48 Å². The molecule has 0 spiro atoms. The van der Waals surface area contributed by atoms with Crippen molar-refractivity contribution in [2.24, 2.45) is 11.1 Å². The van der Waals surface area contributed by atoms with Crippen molar-refractivity contribution in [1.29, 1.82) is 0 Å². The maximum absolute atomic E-state index is 8.38. The van der Waals surface area contributed by atoms with Gasteiger partial charge in [0.1, 0.15) is 0 Å². The van der Waals surface area contributed by atoms with Gasteiger partial charge in [0, 0.05) is 5.29 Å². The molecule has 0 heterocycles. The van der Waals surface area contributed by atoms with Crippen molar-refractivity contribution in [1.82, 2.24) is 0 Å². The summed E-state index contributed by atoms with van der Waals surface area (Å²) < 4.78 is 8.38. The van der Waals surface area contributed by atoms with Gasteiger partial charge >= 0.3 is 21.8 Å². The Balaban J connectivity index is 0. The third-order valence-electron chi connectivity index (χ3n) is 0. The molecule has 0 aliphatic carbocycles. The number of hydrogen-bond donors (Lipinski definition) is 1. The fraction of sp³-hybridized carbons (Fsp3) is 0. The van der Waals surface area contributed by atoms with Crippen LogP contribution in [0.3, 0.4) is 0 Å². The summed E-state index contributed by atoms with van der Waals surface area (Å²) in [5.41, 5.74) is 0. The van der Waals surface area contributed by atoms with Gasteiger partial charge in [-0.15, -0.1) is 4.91 Å². The predicted octanol–water partition coefficient (Wildman–Crippen LogP) is -0.495. The molecule has 0 fully saturated rings. The van der Waals surface area contributed by atoms with Crippen LogP contribution >= 0.6 is 0 Å². The minimum atomic E-state index is 0.125. The fourth-order valence-corrected chi connectivity index (χ4v) is 0. The van der Waals surface area contributed by atoms with Crippen LogP contribution in [0.2, 0.25) is 0 Å². The summed E-state index contributed by atoms with van der Waals surface area (Å²) in [7, 11) is 0. The molecular weight excluding hydrogens is 125 g/mol. The number of nitrogens with zero attached hydrogens (tertiary/aromatic N) is 1. The molecule has 5 heavy (non-hydrogen) atoms. The van der Waals surface area contributed by atoms with E-state index in [-0.39, 0.29) is 18.3 Å². The second-order valence-corrected chi connectivity index (χ2v) is 0.105. The van der Waals surface area contributed by atoms with E-state index in [0.29, 0.717) is 0 Å². The predicted molar refractivity (Wildman–Crippen MR) is 10.7 cm³/mol. The first-order valence-corrected chi connectivity index (χ1v) is 1.94. The van der Waals surface area contributed by atoms with Crippen molar-refractivity contribution < 1.29 is 21.8 Å². The molecule has 0 saturated heterocycles. The van der Waals surface area contributed by atoms with Gasteiger partial charge in [0.2, 0.25) is 0 Å². The molecule has 26 valence electrons. The van der Waals surface area contributed by atoms with Gasteiger partial charge in [-0.05, 0) is 0 Å². The zero-order valence-corrected chi connectivity index (χ0v) is 5.52. The molecule has 0 unspecified atom stereocenters. The van der Waals surface area contributed by atoms with Crippen LogP contribution < -0.4 is 5.84 Å². The Bertz CT molecular complexity index is 21.6. The number of rotatable bonds is 0. The third-order valence-corrected chi connectivity index (χ3v) is 0. The van der Waals surface area contributed by atoms with E-state index >= 15 is 0 Å². The Hall–Kier alpha value is -0.177. The summed E-state index contributed by atoms with van der Waals surface area (Å²) in [5.74, 6) is 3.92. The Morgan fingerprint density at radius 2 is 1.60 bits per heavy atom. The molecule has 0 amide bonds. The second kappa shape index (κ2) is 45.0. The maximum atomic E-state index is 8.38. The van der Waals surface area contributed by atoms with Crippen LogP contribution in [-0.2, 0) is 21.8 Å². The van der Waals surface area contributed by atoms with E-state index in [1.165, 1.54) is 0 Å². The van der Waals surface area contributed by atoms with E-state index in [9.17, 15) is 0 Å². The summed E-state index contributed by atoms with van der Waals surface area (Å²) in [4.78, 5) is 8.33. The van der Waals surface area contributed by atoms with Crippen molar-refractivity contribution in [3.8, 4) is 0 Å². The van der Waals surface area contributed by atoms with Crippen molar-refractivity contribution in [3.63, 3.8) is 0 Å². The van der Waals surface area contributed by atoms with E-state index in [2.05, 4.69) is 5.84 Å². The third kappa shape index (κ3) is 407. The molecule has 0 radical (unpaired) electrons. The van der Waals surface area contributed by atoms with Crippen LogP contribution in [0.1, 0.15) is 0 Å². The van der Waals surface area contributed by atoms with E-state index in [1.807, 2.05) is 0 Å². The van der Waals surface area contributed by atoms with E-state index in [0.717, 1.165) is 0 Å². The van der Waals surface area contributed by atoms with Crippen LogP contribution in [-0.4, -0.2) is 0 Å². The summed E-state index contributed by atoms with van der Waals surface area (Å²) in [6.45, 7) is 0. The van der Waals surface area contributed by atoms with E-state index < -0.39 is 0 Å². The molecule has 0 aliphatic heterocycles. The molecule has 5 heteroatoms. The van der Waals surface area contributed by atoms with E-state index in [1.54, 1.807) is 5.29 Å². The summed E-state index contributed by atoms with van der Waals surface area (Å²) >= 11 is 0.125. The Labute approximate surface area is 38.6 Å². The molecule has 0 saturated carbocycles. The topological polar surface area (TPSA) is 72.5 Å². The standard InChI is InChI=1S/H2N2O.O.Zn/c1-2-3;;/h(H2,1,3);;. The molecule has 0 aromatic rings. The van der Waals surface area contributed by atoms with Crippen molar-refractivity contribution in [2.75, 3.05) is 0 Å². The van der Waals surface area contributed by atoms with Gasteiger partial charge in [0.15, 0.2) is 0 Å². The quantitative estimate of drug-likeness (QED) is 0.206. The van der Waals surface area contributed by atoms with Crippen LogP contribution in [0.25, 0.3) is 0 Å². The van der Waals surface area contributed by atoms with Gasteiger partial charge in [0.05, 0.1) is 0 Å². The van der Waals surface area contributed by atoms with Gasteiger partial charge in [0.25, 0.3) is 0 Å². The minimum absolute atomic E-state index is 0.125. The van der Waals surface area contributed by atoms with Crippen molar-refractivity contribution in [3.05, 3.63) is 4.91 Å². The zero-order valence-electron chi connectivity index (χ0n) is 2.55. The Morgan fingerprint density at radius 1 is 1.60 bits per heavy atom. The molecule has 0 aromatic heterocycles. The number of hydrogen-bond acceptors (Lipinski definition) is 3. The van der Waals surface area contributed by atoms with Crippen LogP contribution in [0.15, 0.2) is 5.29 Å². The van der Waals surface area contributed by atoms with Gasteiger partial charge in [-0.1, -0.05) is 0 Å². The first-order valence-electron chi connectivity index (χ1n) is 0.729. The van der Waals surface area contributed by atoms with Crippen molar-refractivity contribution >= 4 is 0 Å². The number of nitroso groups, excluding NO2 is 1. The van der Waals surface area contributed by atoms with Crippen LogP contribution in [0.5, 0.6) is 0 Å². The Morgan fingerprint density at radius 3 is 1.60 bits per heavy atom. The van der Waals surface area contributed by atoms with Gasteiger partial charge < -0.3 is 0 Å². The fourth-order valence-electron chi connectivity index (χ4n) is 0. The molecular formula is H2N2O2Zn. The van der Waals surface area contributed by atoms with Crippen LogP contribution in [0, 0.1) is 4.91 Å². The summed E-state index contributed by atoms with van der Waals surface area (Å²) in [6.07, 6.45) is 0. The van der Waals surface area contributed by atoms with Gasteiger partial charge in [-0.3, -0.25) is 5.84 Å². The number of nitrogens with two attached hydrogens (primary N) is 1. The molecule has 0 bridgehead atoms. The summed E-state index contributed by atoms with van der Waals surface area (Å²) in [6, 6.07) is 0. The van der Waals surface area contributed by atoms with Gasteiger partial charge in [-0.2, -0.15) is 0 Å². The average Bonchev–Trinajstić information content (AvgIpc) is 1.46. The monoisotopic (exact) mass is 126 g/mol.